The molecule has 1 unspecified atom stereocenters. The van der Waals surface area contributed by atoms with Crippen molar-refractivity contribution in [1.82, 2.24) is 4.90 Å². The van der Waals surface area contributed by atoms with Crippen LogP contribution in [0.25, 0.3) is 0 Å². The number of hydrogen-bond acceptors (Lipinski definition) is 6. The molecule has 4 heterocycles. The highest BCUT2D eigenvalue weighted by atomic mass is 35.5. The molecule has 2 aromatic carbocycles. The summed E-state index contributed by atoms with van der Waals surface area (Å²) in [6.07, 6.45) is 7.86. The van der Waals surface area contributed by atoms with Gasteiger partial charge in [-0.3, -0.25) is 14.4 Å². The number of carbonyl (C=O) groups is 3. The molecule has 4 aliphatic heterocycles. The maximum Gasteiger partial charge on any atom is 0.313 e. The van der Waals surface area contributed by atoms with Crippen molar-refractivity contribution in [2.75, 3.05) is 24.7 Å². The smallest absolute Gasteiger partial charge is 0.313 e. The Kier molecular flexibility index (Phi) is 6.81. The summed E-state index contributed by atoms with van der Waals surface area (Å²) < 4.78 is 12.4. The van der Waals surface area contributed by atoms with Crippen LogP contribution in [0, 0.1) is 11.8 Å². The summed E-state index contributed by atoms with van der Waals surface area (Å²) in [5, 5.41) is 11.0. The fraction of sp³-hybridized carbons (Fsp3) is 0.387. The van der Waals surface area contributed by atoms with Gasteiger partial charge in [-0.2, -0.15) is 0 Å². The number of carbonyl (C=O) groups excluding carboxylic acids is 3. The zero-order valence-corrected chi connectivity index (χ0v) is 22.9. The summed E-state index contributed by atoms with van der Waals surface area (Å²) >= 11 is 6.53. The van der Waals surface area contributed by atoms with Gasteiger partial charge in [0.2, 0.25) is 5.91 Å². The lowest BCUT2D eigenvalue weighted by molar-refractivity contribution is -0.159. The molecular formula is C31H31ClN2O6. The minimum Gasteiger partial charge on any atom is -0.461 e. The van der Waals surface area contributed by atoms with E-state index in [0.717, 1.165) is 5.56 Å². The van der Waals surface area contributed by atoms with E-state index in [0.29, 0.717) is 23.6 Å². The van der Waals surface area contributed by atoms with Crippen LogP contribution in [0.2, 0.25) is 5.02 Å². The third-order valence-corrected chi connectivity index (χ3v) is 9.01. The van der Waals surface area contributed by atoms with E-state index in [1.807, 2.05) is 43.3 Å². The number of fused-ring (bicyclic) bond motifs is 2. The van der Waals surface area contributed by atoms with Gasteiger partial charge in [-0.25, -0.2) is 0 Å². The number of benzene rings is 2. The molecule has 6 rings (SSSR count). The van der Waals surface area contributed by atoms with E-state index in [4.69, 9.17) is 21.1 Å². The Hall–Kier alpha value is -3.46. The molecule has 2 aromatic rings. The average molecular weight is 563 g/mol. The Labute approximate surface area is 237 Å². The van der Waals surface area contributed by atoms with E-state index < -0.39 is 47.0 Å². The number of aliphatic hydroxyl groups is 1. The first kappa shape index (κ1) is 26.7. The average Bonchev–Trinajstić information content (AvgIpc) is 3.25. The van der Waals surface area contributed by atoms with Crippen molar-refractivity contribution in [3.05, 3.63) is 89.5 Å². The lowest BCUT2D eigenvalue weighted by Gasteiger charge is -2.40. The largest absolute Gasteiger partial charge is 0.461 e. The molecule has 0 aromatic heterocycles. The zero-order chi connectivity index (χ0) is 28.1. The van der Waals surface area contributed by atoms with Gasteiger partial charge in [0.1, 0.15) is 29.8 Å². The molecule has 9 heteroatoms. The van der Waals surface area contributed by atoms with Crippen molar-refractivity contribution in [3.8, 4) is 0 Å². The lowest BCUT2D eigenvalue weighted by atomic mass is 9.73. The van der Waals surface area contributed by atoms with E-state index in [1.54, 1.807) is 47.4 Å². The van der Waals surface area contributed by atoms with Gasteiger partial charge in [0, 0.05) is 6.54 Å². The van der Waals surface area contributed by atoms with Crippen molar-refractivity contribution in [3.63, 3.8) is 0 Å². The van der Waals surface area contributed by atoms with Crippen LogP contribution >= 0.6 is 11.6 Å². The number of rotatable bonds is 6. The second-order valence-electron chi connectivity index (χ2n) is 10.7. The first-order valence-electron chi connectivity index (χ1n) is 13.6. The molecule has 1 N–H and O–H groups in total. The molecule has 40 heavy (non-hydrogen) atoms. The predicted octanol–water partition coefficient (Wildman–Crippen LogP) is 3.32. The molecule has 1 spiro atoms. The Morgan fingerprint density at radius 3 is 2.48 bits per heavy atom. The molecular weight excluding hydrogens is 532 g/mol. The number of aliphatic hydroxyl groups excluding tert-OH is 1. The summed E-state index contributed by atoms with van der Waals surface area (Å²) in [4.78, 5) is 45.6. The van der Waals surface area contributed by atoms with Gasteiger partial charge in [0.05, 0.1) is 29.3 Å². The predicted molar refractivity (Wildman–Crippen MR) is 149 cm³/mol. The van der Waals surface area contributed by atoms with E-state index in [2.05, 4.69) is 0 Å². The number of para-hydroxylation sites is 1. The molecule has 6 atom stereocenters. The molecule has 0 bridgehead atoms. The Balaban J connectivity index is 1.52. The summed E-state index contributed by atoms with van der Waals surface area (Å²) in [5.74, 6) is -3.29. The van der Waals surface area contributed by atoms with Gasteiger partial charge in [0.15, 0.2) is 0 Å². The Bertz CT molecular complexity index is 1400. The Morgan fingerprint density at radius 2 is 1.75 bits per heavy atom. The highest BCUT2D eigenvalue weighted by molar-refractivity contribution is 6.34. The molecule has 0 radical (unpaired) electrons. The number of amides is 2. The minimum atomic E-state index is -1.45. The quantitative estimate of drug-likeness (QED) is 0.429. The molecule has 2 fully saturated rings. The van der Waals surface area contributed by atoms with E-state index in [1.165, 1.54) is 4.90 Å². The standard InChI is InChI=1S/C31H31ClN2O6/c1-2-30-14-9-17-39-29(38)25(30)24-27(36)34(21(19-35)18-20-10-4-3-5-11-20)26-28(37)33(16-8-15-31(24,26)40-30)23-13-7-6-12-22(23)32/h3-15,21,24-26,35H,2,16-19H2,1H3/t21-,24+,25-,26?,30+,31+/m1/s1. The summed E-state index contributed by atoms with van der Waals surface area (Å²) in [6.45, 7) is 1.81. The van der Waals surface area contributed by atoms with Gasteiger partial charge >= 0.3 is 5.97 Å². The second-order valence-corrected chi connectivity index (χ2v) is 11.1. The Morgan fingerprint density at radius 1 is 1.00 bits per heavy atom. The van der Waals surface area contributed by atoms with Crippen LogP contribution in [0.5, 0.6) is 0 Å². The van der Waals surface area contributed by atoms with Crippen LogP contribution in [0.3, 0.4) is 0 Å². The summed E-state index contributed by atoms with van der Waals surface area (Å²) in [6, 6.07) is 14.7. The van der Waals surface area contributed by atoms with Gasteiger partial charge in [-0.1, -0.05) is 79.2 Å². The fourth-order valence-electron chi connectivity index (χ4n) is 6.95. The first-order chi connectivity index (χ1) is 19.4. The number of esters is 1. The van der Waals surface area contributed by atoms with Gasteiger partial charge in [-0.15, -0.1) is 0 Å². The molecule has 208 valence electrons. The summed E-state index contributed by atoms with van der Waals surface area (Å²) in [5.41, 5.74) is -1.15. The van der Waals surface area contributed by atoms with Crippen molar-refractivity contribution < 1.29 is 29.0 Å². The van der Waals surface area contributed by atoms with E-state index >= 15 is 0 Å². The summed E-state index contributed by atoms with van der Waals surface area (Å²) in [7, 11) is 0. The van der Waals surface area contributed by atoms with Crippen LogP contribution in [0.4, 0.5) is 5.69 Å². The number of ether oxygens (including phenoxy) is 2. The van der Waals surface area contributed by atoms with Crippen molar-refractivity contribution in [2.45, 2.75) is 43.1 Å². The molecule has 4 aliphatic rings. The molecule has 2 saturated heterocycles. The van der Waals surface area contributed by atoms with E-state index in [-0.39, 0.29) is 25.7 Å². The maximum absolute atomic E-state index is 14.6. The van der Waals surface area contributed by atoms with Gasteiger partial charge in [0.25, 0.3) is 5.91 Å². The van der Waals surface area contributed by atoms with E-state index in [9.17, 15) is 19.5 Å². The second kappa shape index (κ2) is 10.2. The highest BCUT2D eigenvalue weighted by Gasteiger charge is 2.76. The zero-order valence-electron chi connectivity index (χ0n) is 22.1. The van der Waals surface area contributed by atoms with Crippen molar-refractivity contribution in [2.24, 2.45) is 11.8 Å². The number of cyclic esters (lactones) is 1. The molecule has 8 nitrogen and oxygen atoms in total. The fourth-order valence-corrected chi connectivity index (χ4v) is 7.19. The van der Waals surface area contributed by atoms with Crippen LogP contribution in [0.1, 0.15) is 18.9 Å². The number of halogens is 1. The molecule has 2 amide bonds. The minimum absolute atomic E-state index is 0.0871. The van der Waals surface area contributed by atoms with Gasteiger partial charge < -0.3 is 24.4 Å². The topological polar surface area (TPSA) is 96.4 Å². The third-order valence-electron chi connectivity index (χ3n) is 8.69. The SMILES string of the molecule is CC[C@]12C=CCOC(=O)[C@H]1[C@H]1C(=O)N([C@@H](CO)Cc3ccccc3)C3C(=O)N(c4ccccc4Cl)CC=C[C@@]31O2. The molecule has 0 saturated carbocycles. The van der Waals surface area contributed by atoms with Crippen LogP contribution in [0.15, 0.2) is 78.9 Å². The number of likely N-dealkylation sites (tertiary alicyclic amines) is 1. The van der Waals surface area contributed by atoms with Crippen LogP contribution < -0.4 is 4.90 Å². The van der Waals surface area contributed by atoms with Crippen molar-refractivity contribution in [1.29, 1.82) is 0 Å². The first-order valence-corrected chi connectivity index (χ1v) is 14.0. The number of hydrogen-bond donors (Lipinski definition) is 1. The number of anilines is 1. The number of nitrogens with zero attached hydrogens (tertiary/aromatic N) is 2. The highest BCUT2D eigenvalue weighted by Crippen LogP contribution is 2.59. The normalized spacial score (nSPS) is 31.8. The lowest BCUT2D eigenvalue weighted by Crippen LogP contribution is -2.59. The van der Waals surface area contributed by atoms with Crippen LogP contribution in [-0.4, -0.2) is 70.8 Å². The van der Waals surface area contributed by atoms with Crippen LogP contribution in [-0.2, 0) is 30.3 Å². The maximum atomic E-state index is 14.6. The monoisotopic (exact) mass is 562 g/mol. The van der Waals surface area contributed by atoms with Crippen molar-refractivity contribution >= 4 is 35.1 Å². The van der Waals surface area contributed by atoms with Gasteiger partial charge in [-0.05, 0) is 36.6 Å². The third kappa shape index (κ3) is 3.92. The molecule has 0 aliphatic carbocycles.